The van der Waals surface area contributed by atoms with Gasteiger partial charge in [0.2, 0.25) is 11.5 Å². The number of carbonyl (C=O) groups excluding carboxylic acids is 3. The molecule has 0 bridgehead atoms. The van der Waals surface area contributed by atoms with Gasteiger partial charge in [0.15, 0.2) is 5.75 Å². The van der Waals surface area contributed by atoms with Crippen molar-refractivity contribution >= 4 is 17.9 Å². The Kier molecular flexibility index (Phi) is 8.31. The summed E-state index contributed by atoms with van der Waals surface area (Å²) in [5, 5.41) is 35.9. The Morgan fingerprint density at radius 3 is 1.00 bits per heavy atom. The molecule has 12 heteroatoms. The second-order valence-electron chi connectivity index (χ2n) is 9.81. The third-order valence-corrected chi connectivity index (χ3v) is 3.10. The standard InChI is InChI=1S/C21H30O12/c1-19(2,3)31-28-13-10(16(22)23)11(17(24)25)14(29-32-20(4,5)6)15(12(13)18(26)27)30-33-21(7,8)9/h1-9H3,(H,22,23)(H,24,25)(H,26,27)/p-3. The van der Waals surface area contributed by atoms with Crippen LogP contribution in [0.25, 0.3) is 0 Å². The molecule has 0 aromatic heterocycles. The van der Waals surface area contributed by atoms with Gasteiger partial charge in [0.05, 0.1) is 34.6 Å². The van der Waals surface area contributed by atoms with Crippen LogP contribution in [0.15, 0.2) is 0 Å². The second kappa shape index (κ2) is 9.81. The molecule has 12 nitrogen and oxygen atoms in total. The lowest BCUT2D eigenvalue weighted by molar-refractivity contribution is -0.297. The van der Waals surface area contributed by atoms with Gasteiger partial charge in [-0.05, 0) is 62.3 Å². The minimum atomic E-state index is -2.15. The number of hydrogen-bond acceptors (Lipinski definition) is 12. The van der Waals surface area contributed by atoms with Crippen LogP contribution in [-0.2, 0) is 14.7 Å². The monoisotopic (exact) mass is 471 g/mol. The van der Waals surface area contributed by atoms with Gasteiger partial charge < -0.3 is 44.4 Å². The summed E-state index contributed by atoms with van der Waals surface area (Å²) in [6, 6.07) is 0. The van der Waals surface area contributed by atoms with Crippen LogP contribution in [0.3, 0.4) is 0 Å². The van der Waals surface area contributed by atoms with Crippen LogP contribution in [0, 0.1) is 0 Å². The van der Waals surface area contributed by atoms with Crippen LogP contribution >= 0.6 is 0 Å². The molecule has 0 unspecified atom stereocenters. The van der Waals surface area contributed by atoms with Crippen molar-refractivity contribution in [2.75, 3.05) is 0 Å². The zero-order valence-electron chi connectivity index (χ0n) is 19.9. The molecule has 0 aliphatic heterocycles. The van der Waals surface area contributed by atoms with E-state index < -0.39 is 68.6 Å². The largest absolute Gasteiger partial charge is 0.545 e. The molecular formula is C21H27O12-3. The molecule has 0 saturated heterocycles. The van der Waals surface area contributed by atoms with Gasteiger partial charge >= 0.3 is 0 Å². The van der Waals surface area contributed by atoms with E-state index in [1.165, 1.54) is 62.3 Å². The lowest BCUT2D eigenvalue weighted by Gasteiger charge is -2.28. The fourth-order valence-electron chi connectivity index (χ4n) is 2.00. The molecule has 186 valence electrons. The first-order chi connectivity index (χ1) is 14.7. The Balaban J connectivity index is 4.09. The zero-order chi connectivity index (χ0) is 25.9. The predicted molar refractivity (Wildman–Crippen MR) is 104 cm³/mol. The summed E-state index contributed by atoms with van der Waals surface area (Å²) in [7, 11) is 0. The van der Waals surface area contributed by atoms with Crippen molar-refractivity contribution in [1.29, 1.82) is 0 Å². The topological polar surface area (TPSA) is 176 Å². The van der Waals surface area contributed by atoms with E-state index in [2.05, 4.69) is 0 Å². The molecule has 0 amide bonds. The second-order valence-corrected chi connectivity index (χ2v) is 9.81. The van der Waals surface area contributed by atoms with E-state index in [-0.39, 0.29) is 0 Å². The Morgan fingerprint density at radius 2 is 0.727 bits per heavy atom. The molecule has 33 heavy (non-hydrogen) atoms. The molecule has 0 fully saturated rings. The van der Waals surface area contributed by atoms with Gasteiger partial charge in [0.1, 0.15) is 16.8 Å². The van der Waals surface area contributed by atoms with Gasteiger partial charge in [-0.2, -0.15) is 14.7 Å². The summed E-state index contributed by atoms with van der Waals surface area (Å²) in [6.45, 7) is 13.7. The number of benzene rings is 1. The van der Waals surface area contributed by atoms with Gasteiger partial charge in [-0.3, -0.25) is 0 Å². The Morgan fingerprint density at radius 1 is 0.485 bits per heavy atom. The fourth-order valence-corrected chi connectivity index (χ4v) is 2.00. The average molecular weight is 471 g/mol. The molecule has 0 aliphatic carbocycles. The van der Waals surface area contributed by atoms with E-state index in [0.717, 1.165) is 0 Å². The number of carboxylic acids is 3. The highest BCUT2D eigenvalue weighted by molar-refractivity contribution is 6.09. The van der Waals surface area contributed by atoms with Crippen molar-refractivity contribution in [2.45, 2.75) is 79.1 Å². The van der Waals surface area contributed by atoms with E-state index in [1.54, 1.807) is 0 Å². The van der Waals surface area contributed by atoms with Gasteiger partial charge in [-0.25, -0.2) is 0 Å². The summed E-state index contributed by atoms with van der Waals surface area (Å²) in [6.07, 6.45) is 0. The third-order valence-electron chi connectivity index (χ3n) is 3.10. The third kappa shape index (κ3) is 8.08. The normalized spacial score (nSPS) is 12.3. The fraction of sp³-hybridized carbons (Fsp3) is 0.571. The predicted octanol–water partition coefficient (Wildman–Crippen LogP) is 0.104. The van der Waals surface area contributed by atoms with Crippen LogP contribution in [0.2, 0.25) is 0 Å². The van der Waals surface area contributed by atoms with Gasteiger partial charge in [-0.15, -0.1) is 0 Å². The average Bonchev–Trinajstić information content (AvgIpc) is 2.59. The van der Waals surface area contributed by atoms with Crippen LogP contribution in [0.5, 0.6) is 17.2 Å². The van der Waals surface area contributed by atoms with Crippen molar-refractivity contribution in [1.82, 2.24) is 0 Å². The molecule has 0 spiro atoms. The van der Waals surface area contributed by atoms with Crippen LogP contribution in [0.1, 0.15) is 93.4 Å². The smallest absolute Gasteiger partial charge is 0.225 e. The molecule has 0 aliphatic rings. The molecule has 0 heterocycles. The minimum Gasteiger partial charge on any atom is -0.545 e. The van der Waals surface area contributed by atoms with Crippen molar-refractivity contribution in [3.8, 4) is 17.2 Å². The SMILES string of the molecule is CC(C)(C)OOc1c(OOC(C)(C)C)c(C(=O)[O-])c(C(=O)[O-])c(OOC(C)(C)C)c1C(=O)[O-]. The Bertz CT molecular complexity index is 913. The van der Waals surface area contributed by atoms with E-state index in [9.17, 15) is 29.7 Å². The summed E-state index contributed by atoms with van der Waals surface area (Å²) in [5.74, 6) is -9.30. The molecule has 0 N–H and O–H groups in total. The van der Waals surface area contributed by atoms with Crippen LogP contribution in [-0.4, -0.2) is 34.7 Å². The Hall–Kier alpha value is -3.09. The van der Waals surface area contributed by atoms with Crippen molar-refractivity contribution in [3.05, 3.63) is 16.7 Å². The van der Waals surface area contributed by atoms with Crippen molar-refractivity contribution < 1.29 is 59.0 Å². The van der Waals surface area contributed by atoms with Crippen molar-refractivity contribution in [2.24, 2.45) is 0 Å². The molecule has 1 aromatic rings. The highest BCUT2D eigenvalue weighted by Gasteiger charge is 2.34. The maximum Gasteiger partial charge on any atom is 0.225 e. The zero-order valence-corrected chi connectivity index (χ0v) is 19.9. The summed E-state index contributed by atoms with van der Waals surface area (Å²) >= 11 is 0. The van der Waals surface area contributed by atoms with E-state index >= 15 is 0 Å². The first-order valence-corrected chi connectivity index (χ1v) is 9.70. The lowest BCUT2D eigenvalue weighted by atomic mass is 9.99. The van der Waals surface area contributed by atoms with Crippen LogP contribution < -0.4 is 30.0 Å². The van der Waals surface area contributed by atoms with Crippen molar-refractivity contribution in [3.63, 3.8) is 0 Å². The first-order valence-electron chi connectivity index (χ1n) is 9.70. The summed E-state index contributed by atoms with van der Waals surface area (Å²) in [4.78, 5) is 66.2. The lowest BCUT2D eigenvalue weighted by Crippen LogP contribution is -2.35. The maximum absolute atomic E-state index is 12.0. The quantitative estimate of drug-likeness (QED) is 0.351. The highest BCUT2D eigenvalue weighted by atomic mass is 17.2. The van der Waals surface area contributed by atoms with Gasteiger partial charge in [0, 0.05) is 0 Å². The number of hydrogen-bond donors (Lipinski definition) is 0. The van der Waals surface area contributed by atoms with E-state index in [4.69, 9.17) is 29.3 Å². The van der Waals surface area contributed by atoms with Gasteiger partial charge in [-0.1, -0.05) is 0 Å². The molecule has 0 saturated carbocycles. The number of carbonyl (C=O) groups is 3. The summed E-state index contributed by atoms with van der Waals surface area (Å²) in [5.41, 5.74) is -6.75. The molecule has 1 rings (SSSR count). The number of aromatic carboxylic acids is 3. The van der Waals surface area contributed by atoms with E-state index in [1.807, 2.05) is 0 Å². The molecule has 0 atom stereocenters. The molecule has 1 aromatic carbocycles. The minimum absolute atomic E-state index is 0.925. The van der Waals surface area contributed by atoms with E-state index in [0.29, 0.717) is 0 Å². The molecule has 0 radical (unpaired) electrons. The van der Waals surface area contributed by atoms with Crippen LogP contribution in [0.4, 0.5) is 0 Å². The first kappa shape index (κ1) is 27.9. The molecular weight excluding hydrogens is 444 g/mol. The number of carboxylic acid groups (broad SMARTS) is 3. The maximum atomic E-state index is 12.0. The Labute approximate surface area is 190 Å². The highest BCUT2D eigenvalue weighted by Crippen LogP contribution is 2.45. The number of rotatable bonds is 9. The summed E-state index contributed by atoms with van der Waals surface area (Å²) < 4.78 is 0. The van der Waals surface area contributed by atoms with Gasteiger partial charge in [0.25, 0.3) is 0 Å².